The molecule has 2 heterocycles. The maximum absolute atomic E-state index is 13.8. The molecule has 2 aliphatic rings. The fraction of sp³-hybridized carbons (Fsp3) is 0.375. The Bertz CT molecular complexity index is 1390. The van der Waals surface area contributed by atoms with Crippen molar-refractivity contribution in [2.24, 2.45) is 0 Å². The molecule has 2 amide bonds. The molecule has 0 unspecified atom stereocenters. The summed E-state index contributed by atoms with van der Waals surface area (Å²) in [6, 6.07) is 19.1. The third kappa shape index (κ3) is 5.54. The summed E-state index contributed by atoms with van der Waals surface area (Å²) in [5.74, 6) is 1.37. The van der Waals surface area contributed by atoms with E-state index < -0.39 is 0 Å². The van der Waals surface area contributed by atoms with E-state index in [4.69, 9.17) is 21.1 Å². The van der Waals surface area contributed by atoms with Crippen LogP contribution in [0.4, 0.5) is 5.69 Å². The van der Waals surface area contributed by atoms with Crippen molar-refractivity contribution in [3.05, 3.63) is 87.9 Å². The number of halogens is 1. The van der Waals surface area contributed by atoms with Crippen molar-refractivity contribution in [2.45, 2.75) is 45.4 Å². The van der Waals surface area contributed by atoms with Crippen LogP contribution >= 0.6 is 11.6 Å². The Morgan fingerprint density at radius 3 is 2.23 bits per heavy atom. The molecule has 1 saturated heterocycles. The number of methoxy groups -OCH3 is 1. The highest BCUT2D eigenvalue weighted by molar-refractivity contribution is 6.30. The Morgan fingerprint density at radius 1 is 0.900 bits per heavy atom. The number of amides is 2. The molecule has 210 valence electrons. The van der Waals surface area contributed by atoms with Gasteiger partial charge in [0.2, 0.25) is 11.8 Å². The van der Waals surface area contributed by atoms with Gasteiger partial charge in [-0.1, -0.05) is 35.9 Å². The van der Waals surface area contributed by atoms with Crippen molar-refractivity contribution in [2.75, 3.05) is 38.7 Å². The molecular weight excluding hydrogens is 526 g/mol. The van der Waals surface area contributed by atoms with Gasteiger partial charge in [-0.05, 0) is 86.5 Å². The minimum Gasteiger partial charge on any atom is -0.493 e. The van der Waals surface area contributed by atoms with E-state index in [-0.39, 0.29) is 36.4 Å². The second-order valence-corrected chi connectivity index (χ2v) is 11.3. The number of nitrogens with zero attached hydrogens (tertiary/aromatic N) is 3. The third-order valence-corrected chi connectivity index (χ3v) is 7.96. The molecular formula is C32H36ClN3O4. The minimum atomic E-state index is -0.378. The Labute approximate surface area is 241 Å². The molecule has 0 saturated carbocycles. The number of rotatable bonds is 7. The van der Waals surface area contributed by atoms with Crippen LogP contribution in [0.5, 0.6) is 11.5 Å². The Morgan fingerprint density at radius 2 is 1.60 bits per heavy atom. The average molecular weight is 562 g/mol. The number of hydrogen-bond acceptors (Lipinski definition) is 5. The summed E-state index contributed by atoms with van der Waals surface area (Å²) >= 11 is 6.24. The van der Waals surface area contributed by atoms with Crippen LogP contribution in [0.1, 0.15) is 55.1 Å². The summed E-state index contributed by atoms with van der Waals surface area (Å²) < 4.78 is 11.7. The standard InChI is InChI=1S/C32H36ClN3O4/c1-20(2)40-29-18-27-24(16-28(29)39-5)17-30(37)36(32(27)23-6-10-25(33)11-7-23)26-12-8-22(9-13-26)21(3)35-15-14-34(4)19-31(35)38/h6-13,16,18,20-21,32H,14-15,17,19H2,1-5H3/t21-,32-/m0/s1. The van der Waals surface area contributed by atoms with Gasteiger partial charge >= 0.3 is 0 Å². The molecule has 40 heavy (non-hydrogen) atoms. The van der Waals surface area contributed by atoms with Gasteiger partial charge in [-0.25, -0.2) is 0 Å². The number of piperazine rings is 1. The van der Waals surface area contributed by atoms with Crippen LogP contribution in [0.15, 0.2) is 60.7 Å². The van der Waals surface area contributed by atoms with E-state index in [0.29, 0.717) is 29.6 Å². The van der Waals surface area contributed by atoms with Gasteiger partial charge in [0.1, 0.15) is 0 Å². The van der Waals surface area contributed by atoms with Gasteiger partial charge in [0.05, 0.1) is 38.3 Å². The fourth-order valence-electron chi connectivity index (χ4n) is 5.64. The second-order valence-electron chi connectivity index (χ2n) is 10.9. The first-order valence-electron chi connectivity index (χ1n) is 13.7. The van der Waals surface area contributed by atoms with Crippen LogP contribution in [0.2, 0.25) is 5.02 Å². The van der Waals surface area contributed by atoms with Gasteiger partial charge in [0.15, 0.2) is 11.5 Å². The van der Waals surface area contributed by atoms with Gasteiger partial charge in [-0.3, -0.25) is 14.5 Å². The Kier molecular flexibility index (Phi) is 8.06. The zero-order valence-electron chi connectivity index (χ0n) is 23.7. The van der Waals surface area contributed by atoms with Crippen LogP contribution < -0.4 is 14.4 Å². The SMILES string of the molecule is COc1cc2c(cc1OC(C)C)[C@H](c1ccc(Cl)cc1)N(c1ccc([C@H](C)N3CCN(C)CC3=O)cc1)C(=O)C2. The lowest BCUT2D eigenvalue weighted by Gasteiger charge is -2.39. The largest absolute Gasteiger partial charge is 0.493 e. The molecule has 8 heteroatoms. The van der Waals surface area contributed by atoms with E-state index in [2.05, 4.69) is 6.92 Å². The van der Waals surface area contributed by atoms with Crippen molar-refractivity contribution in [1.29, 1.82) is 0 Å². The molecule has 0 bridgehead atoms. The van der Waals surface area contributed by atoms with E-state index in [1.165, 1.54) is 0 Å². The maximum atomic E-state index is 13.8. The fourth-order valence-corrected chi connectivity index (χ4v) is 5.76. The summed E-state index contributed by atoms with van der Waals surface area (Å²) in [7, 11) is 3.58. The van der Waals surface area contributed by atoms with Crippen molar-refractivity contribution >= 4 is 29.1 Å². The summed E-state index contributed by atoms with van der Waals surface area (Å²) in [5, 5.41) is 0.632. The summed E-state index contributed by atoms with van der Waals surface area (Å²) in [4.78, 5) is 32.3. The quantitative estimate of drug-likeness (QED) is 0.373. The number of carbonyl (C=O) groups is 2. The topological polar surface area (TPSA) is 62.3 Å². The number of likely N-dealkylation sites (N-methyl/N-ethyl adjacent to an activating group) is 1. The highest BCUT2D eigenvalue weighted by atomic mass is 35.5. The average Bonchev–Trinajstić information content (AvgIpc) is 2.92. The van der Waals surface area contributed by atoms with E-state index in [1.54, 1.807) is 7.11 Å². The lowest BCUT2D eigenvalue weighted by atomic mass is 9.86. The summed E-state index contributed by atoms with van der Waals surface area (Å²) in [5.41, 5.74) is 4.66. The van der Waals surface area contributed by atoms with Crippen molar-refractivity contribution in [3.63, 3.8) is 0 Å². The number of fused-ring (bicyclic) bond motifs is 1. The zero-order valence-corrected chi connectivity index (χ0v) is 24.4. The van der Waals surface area contributed by atoms with Gasteiger partial charge in [0.25, 0.3) is 0 Å². The van der Waals surface area contributed by atoms with Crippen LogP contribution in [0, 0.1) is 0 Å². The van der Waals surface area contributed by atoms with Crippen LogP contribution in [-0.4, -0.2) is 61.5 Å². The van der Waals surface area contributed by atoms with E-state index in [1.807, 2.05) is 96.3 Å². The smallest absolute Gasteiger partial charge is 0.237 e. The number of benzene rings is 3. The van der Waals surface area contributed by atoms with E-state index in [9.17, 15) is 9.59 Å². The molecule has 0 radical (unpaired) electrons. The van der Waals surface area contributed by atoms with Crippen molar-refractivity contribution in [3.8, 4) is 11.5 Å². The number of hydrogen-bond donors (Lipinski definition) is 0. The number of anilines is 1. The monoisotopic (exact) mass is 561 g/mol. The molecule has 7 nitrogen and oxygen atoms in total. The zero-order chi connectivity index (χ0) is 28.6. The molecule has 5 rings (SSSR count). The Hall–Kier alpha value is -3.55. The van der Waals surface area contributed by atoms with E-state index in [0.717, 1.165) is 34.5 Å². The molecule has 0 spiro atoms. The molecule has 3 aromatic carbocycles. The molecule has 0 N–H and O–H groups in total. The molecule has 0 aliphatic carbocycles. The first kappa shape index (κ1) is 28.0. The lowest BCUT2D eigenvalue weighted by Crippen LogP contribution is -2.49. The van der Waals surface area contributed by atoms with Gasteiger partial charge < -0.3 is 19.3 Å². The normalized spacial score (nSPS) is 18.6. The number of carbonyl (C=O) groups excluding carboxylic acids is 2. The third-order valence-electron chi connectivity index (χ3n) is 7.71. The lowest BCUT2D eigenvalue weighted by molar-refractivity contribution is -0.137. The van der Waals surface area contributed by atoms with Gasteiger partial charge in [0, 0.05) is 23.8 Å². The van der Waals surface area contributed by atoms with Gasteiger partial charge in [-0.2, -0.15) is 0 Å². The summed E-state index contributed by atoms with van der Waals surface area (Å²) in [6.07, 6.45) is 0.204. The predicted molar refractivity (Wildman–Crippen MR) is 157 cm³/mol. The first-order valence-corrected chi connectivity index (χ1v) is 14.1. The molecule has 2 aliphatic heterocycles. The molecule has 1 fully saturated rings. The van der Waals surface area contributed by atoms with Crippen molar-refractivity contribution in [1.82, 2.24) is 9.80 Å². The second kappa shape index (κ2) is 11.5. The van der Waals surface area contributed by atoms with Crippen LogP contribution in [0.3, 0.4) is 0 Å². The highest BCUT2D eigenvalue weighted by Crippen LogP contribution is 2.44. The van der Waals surface area contributed by atoms with Gasteiger partial charge in [-0.15, -0.1) is 0 Å². The first-order chi connectivity index (χ1) is 19.2. The predicted octanol–water partition coefficient (Wildman–Crippen LogP) is 5.65. The Balaban J connectivity index is 1.54. The summed E-state index contributed by atoms with van der Waals surface area (Å²) in [6.45, 7) is 7.99. The van der Waals surface area contributed by atoms with Crippen molar-refractivity contribution < 1.29 is 19.1 Å². The molecule has 0 aromatic heterocycles. The van der Waals surface area contributed by atoms with Crippen LogP contribution in [-0.2, 0) is 16.0 Å². The number of ether oxygens (including phenoxy) is 2. The van der Waals surface area contributed by atoms with Crippen LogP contribution in [0.25, 0.3) is 0 Å². The molecule has 3 aromatic rings. The highest BCUT2D eigenvalue weighted by Gasteiger charge is 2.36. The molecule has 2 atom stereocenters. The maximum Gasteiger partial charge on any atom is 0.237 e. The minimum absolute atomic E-state index is 0.0120. The van der Waals surface area contributed by atoms with E-state index >= 15 is 0 Å².